The number of likely N-dealkylation sites (N-methyl/N-ethyl adjacent to an activating group) is 1. The zero-order chi connectivity index (χ0) is 26.4. The number of nitrogens with two attached hydrogens (primary N) is 1. The summed E-state index contributed by atoms with van der Waals surface area (Å²) in [6, 6.07) is 12.2. The van der Waals surface area contributed by atoms with Crippen LogP contribution >= 0.6 is 15.9 Å². The van der Waals surface area contributed by atoms with Crippen molar-refractivity contribution in [2.24, 2.45) is 11.7 Å². The van der Waals surface area contributed by atoms with E-state index in [4.69, 9.17) is 5.73 Å². The summed E-state index contributed by atoms with van der Waals surface area (Å²) < 4.78 is 2.45. The molecule has 3 aromatic rings. The van der Waals surface area contributed by atoms with Gasteiger partial charge in [0.05, 0.1) is 22.1 Å². The number of aromatic hydroxyl groups is 1. The van der Waals surface area contributed by atoms with E-state index < -0.39 is 6.04 Å². The Morgan fingerprint density at radius 1 is 1.16 bits per heavy atom. The molecule has 5 rings (SSSR count). The number of phenols is 1. The van der Waals surface area contributed by atoms with Gasteiger partial charge < -0.3 is 15.7 Å². The van der Waals surface area contributed by atoms with Crippen LogP contribution in [-0.2, 0) is 17.6 Å². The molecule has 3 N–H and O–H groups in total. The second-order valence-corrected chi connectivity index (χ2v) is 10.8. The molecule has 0 spiro atoms. The Bertz CT molecular complexity index is 1390. The predicted octanol–water partition coefficient (Wildman–Crippen LogP) is 4.06. The van der Waals surface area contributed by atoms with Gasteiger partial charge in [0.15, 0.2) is 0 Å². The van der Waals surface area contributed by atoms with Crippen molar-refractivity contribution in [3.63, 3.8) is 0 Å². The van der Waals surface area contributed by atoms with Gasteiger partial charge in [-0.05, 0) is 90.1 Å². The highest BCUT2D eigenvalue weighted by atomic mass is 79.9. The molecule has 2 aromatic carbocycles. The van der Waals surface area contributed by atoms with Crippen molar-refractivity contribution >= 4 is 44.2 Å². The van der Waals surface area contributed by atoms with E-state index in [0.717, 1.165) is 44.2 Å². The Kier molecular flexibility index (Phi) is 7.00. The zero-order valence-corrected chi connectivity index (χ0v) is 23.0. The average Bonchev–Trinajstić information content (AvgIpc) is 3.18. The van der Waals surface area contributed by atoms with Gasteiger partial charge in [0, 0.05) is 31.1 Å². The standard InChI is InChI=1S/C29H33BrN4O3/c1-4-33(5-2)28(36)18-14-21-20-7-6-8-24-26(20)22(15-25(21)32(3)16-18)27(30)34(24)29(37)23(31)13-17-9-11-19(35)12-10-17/h6-12,14,18,23,25,35H,4-5,13,15-16,31H2,1-3H3/t18-,23+,25-/m1/s1. The molecule has 1 amide bonds. The van der Waals surface area contributed by atoms with Gasteiger partial charge in [0.25, 0.3) is 0 Å². The second-order valence-electron chi connectivity index (χ2n) is 10.0. The lowest BCUT2D eigenvalue weighted by Crippen LogP contribution is -2.47. The van der Waals surface area contributed by atoms with Gasteiger partial charge in [0.2, 0.25) is 11.8 Å². The SMILES string of the molecule is CCN(CC)C(=O)[C@@H]1C=C2c3cccc4c3c(c(Br)n4C(=O)[C@@H](N)Cc3ccc(O)cc3)C[C@H]2N(C)C1. The summed E-state index contributed by atoms with van der Waals surface area (Å²) in [6.07, 6.45) is 3.27. The molecule has 1 aromatic heterocycles. The van der Waals surface area contributed by atoms with Crippen molar-refractivity contribution < 1.29 is 14.7 Å². The molecular weight excluding hydrogens is 532 g/mol. The molecular formula is C29H33BrN4O3. The highest BCUT2D eigenvalue weighted by Gasteiger charge is 2.38. The largest absolute Gasteiger partial charge is 0.508 e. The van der Waals surface area contributed by atoms with Crippen LogP contribution in [0.4, 0.5) is 0 Å². The van der Waals surface area contributed by atoms with Crippen LogP contribution in [0.25, 0.3) is 16.5 Å². The van der Waals surface area contributed by atoms with Crippen molar-refractivity contribution in [2.45, 2.75) is 38.8 Å². The van der Waals surface area contributed by atoms with E-state index in [1.54, 1.807) is 28.8 Å². The summed E-state index contributed by atoms with van der Waals surface area (Å²) in [5.41, 5.74) is 11.5. The Morgan fingerprint density at radius 3 is 2.54 bits per heavy atom. The van der Waals surface area contributed by atoms with Crippen LogP contribution in [-0.4, -0.2) is 70.1 Å². The summed E-state index contributed by atoms with van der Waals surface area (Å²) in [5, 5.41) is 10.6. The van der Waals surface area contributed by atoms with Gasteiger partial charge in [0.1, 0.15) is 5.75 Å². The molecule has 1 aliphatic carbocycles. The van der Waals surface area contributed by atoms with Gasteiger partial charge >= 0.3 is 0 Å². The molecule has 0 fully saturated rings. The zero-order valence-electron chi connectivity index (χ0n) is 21.4. The molecule has 37 heavy (non-hydrogen) atoms. The van der Waals surface area contributed by atoms with E-state index in [1.807, 2.05) is 30.9 Å². The fourth-order valence-electron chi connectivity index (χ4n) is 5.87. The van der Waals surface area contributed by atoms with Crippen LogP contribution in [0.1, 0.15) is 35.3 Å². The smallest absolute Gasteiger partial charge is 0.249 e. The highest BCUT2D eigenvalue weighted by molar-refractivity contribution is 9.10. The van der Waals surface area contributed by atoms with Gasteiger partial charge in [-0.15, -0.1) is 0 Å². The van der Waals surface area contributed by atoms with Gasteiger partial charge in [-0.1, -0.05) is 30.3 Å². The Hall–Kier alpha value is -2.94. The van der Waals surface area contributed by atoms with E-state index in [0.29, 0.717) is 26.1 Å². The van der Waals surface area contributed by atoms with Crippen molar-refractivity contribution in [1.82, 2.24) is 14.4 Å². The first-order chi connectivity index (χ1) is 17.7. The van der Waals surface area contributed by atoms with Crippen LogP contribution in [0, 0.1) is 5.92 Å². The number of halogens is 1. The molecule has 0 unspecified atom stereocenters. The monoisotopic (exact) mass is 564 g/mol. The molecule has 194 valence electrons. The van der Waals surface area contributed by atoms with E-state index in [2.05, 4.69) is 40.0 Å². The van der Waals surface area contributed by atoms with Crippen molar-refractivity contribution in [3.05, 3.63) is 69.8 Å². The van der Waals surface area contributed by atoms with E-state index >= 15 is 0 Å². The third-order valence-electron chi connectivity index (χ3n) is 7.82. The molecule has 1 aliphatic heterocycles. The molecule has 2 heterocycles. The molecule has 7 nitrogen and oxygen atoms in total. The van der Waals surface area contributed by atoms with E-state index in [-0.39, 0.29) is 29.5 Å². The second kappa shape index (κ2) is 10.1. The fourth-order valence-corrected chi connectivity index (χ4v) is 6.60. The number of nitrogens with zero attached hydrogens (tertiary/aromatic N) is 3. The Balaban J connectivity index is 1.55. The van der Waals surface area contributed by atoms with Crippen molar-refractivity contribution in [3.8, 4) is 5.75 Å². The number of phenolic OH excluding ortho intramolecular Hbond substituents is 1. The Labute approximate surface area is 225 Å². The van der Waals surface area contributed by atoms with Crippen molar-refractivity contribution in [2.75, 3.05) is 26.7 Å². The number of fused-ring (bicyclic) bond motifs is 2. The lowest BCUT2D eigenvalue weighted by molar-refractivity contribution is -0.134. The third-order valence-corrected chi connectivity index (χ3v) is 8.65. The van der Waals surface area contributed by atoms with Gasteiger partial charge in [-0.25, -0.2) is 0 Å². The maximum atomic E-state index is 13.7. The molecule has 8 heteroatoms. The minimum absolute atomic E-state index is 0.131. The number of hydrogen-bond donors (Lipinski definition) is 2. The number of aromatic nitrogens is 1. The maximum Gasteiger partial charge on any atom is 0.249 e. The number of benzene rings is 2. The average molecular weight is 566 g/mol. The van der Waals surface area contributed by atoms with E-state index in [9.17, 15) is 14.7 Å². The molecule has 0 radical (unpaired) electrons. The first-order valence-corrected chi connectivity index (χ1v) is 13.6. The minimum atomic E-state index is -0.742. The van der Waals surface area contributed by atoms with Crippen LogP contribution < -0.4 is 5.73 Å². The number of carbonyl (C=O) groups excluding carboxylic acids is 2. The van der Waals surface area contributed by atoms with Crippen LogP contribution in [0.15, 0.2) is 53.1 Å². The highest BCUT2D eigenvalue weighted by Crippen LogP contribution is 2.45. The summed E-state index contributed by atoms with van der Waals surface area (Å²) in [7, 11) is 2.08. The van der Waals surface area contributed by atoms with E-state index in [1.165, 1.54) is 0 Å². The molecule has 0 bridgehead atoms. The van der Waals surface area contributed by atoms with Gasteiger partial charge in [-0.3, -0.25) is 19.1 Å². The predicted molar refractivity (Wildman–Crippen MR) is 150 cm³/mol. The molecule has 0 saturated carbocycles. The first-order valence-electron chi connectivity index (χ1n) is 12.9. The topological polar surface area (TPSA) is 91.8 Å². The number of hydrogen-bond acceptors (Lipinski definition) is 5. The minimum Gasteiger partial charge on any atom is -0.508 e. The lowest BCUT2D eigenvalue weighted by atomic mass is 9.79. The summed E-state index contributed by atoms with van der Waals surface area (Å²) in [5.74, 6) is -0.0379. The molecule has 2 aliphatic rings. The maximum absolute atomic E-state index is 13.7. The van der Waals surface area contributed by atoms with Gasteiger partial charge in [-0.2, -0.15) is 0 Å². The number of rotatable bonds is 6. The molecule has 0 saturated heterocycles. The van der Waals surface area contributed by atoms with Crippen LogP contribution in [0.5, 0.6) is 5.75 Å². The van der Waals surface area contributed by atoms with Crippen LogP contribution in [0.2, 0.25) is 0 Å². The Morgan fingerprint density at radius 2 is 1.86 bits per heavy atom. The summed E-state index contributed by atoms with van der Waals surface area (Å²) in [4.78, 5) is 31.1. The summed E-state index contributed by atoms with van der Waals surface area (Å²) >= 11 is 3.75. The number of amides is 1. The fraction of sp³-hybridized carbons (Fsp3) is 0.379. The third kappa shape index (κ3) is 4.41. The van der Waals surface area contributed by atoms with Crippen molar-refractivity contribution in [1.29, 1.82) is 0 Å². The first kappa shape index (κ1) is 25.7. The quantitative estimate of drug-likeness (QED) is 0.471. The normalized spacial score (nSPS) is 19.9. The lowest BCUT2D eigenvalue weighted by Gasteiger charge is -2.40. The molecule has 3 atom stereocenters. The summed E-state index contributed by atoms with van der Waals surface area (Å²) in [6.45, 7) is 6.10. The number of carbonyl (C=O) groups is 2. The van der Waals surface area contributed by atoms with Crippen LogP contribution in [0.3, 0.4) is 0 Å².